The van der Waals surface area contributed by atoms with Gasteiger partial charge in [0.1, 0.15) is 5.82 Å². The molecule has 4 aromatic rings. The monoisotopic (exact) mass is 458 g/mol. The molecule has 1 atom stereocenters. The number of hydrogen-bond donors (Lipinski definition) is 2. The Hall–Kier alpha value is -3.23. The van der Waals surface area contributed by atoms with Crippen molar-refractivity contribution in [1.82, 2.24) is 25.0 Å². The lowest BCUT2D eigenvalue weighted by atomic mass is 9.73. The molecule has 1 saturated carbocycles. The van der Waals surface area contributed by atoms with Crippen LogP contribution >= 0.6 is 0 Å². The predicted molar refractivity (Wildman–Crippen MR) is 130 cm³/mol. The number of morpholine rings is 1. The number of nitrogens with zero attached hydrogens (tertiary/aromatic N) is 5. The number of ether oxygens (including phenoxy) is 1. The average Bonchev–Trinajstić information content (AvgIpc) is 3.55. The smallest absolute Gasteiger partial charge is 0.167 e. The third-order valence-electron chi connectivity index (χ3n) is 7.49. The largest absolute Gasteiger partial charge is 0.385 e. The Morgan fingerprint density at radius 1 is 1.15 bits per heavy atom. The highest BCUT2D eigenvalue weighted by molar-refractivity contribution is 5.83. The van der Waals surface area contributed by atoms with Crippen LogP contribution in [-0.2, 0) is 10.3 Å². The molecule has 0 amide bonds. The van der Waals surface area contributed by atoms with E-state index >= 15 is 0 Å². The first-order valence-electron chi connectivity index (χ1n) is 12.1. The van der Waals surface area contributed by atoms with E-state index in [4.69, 9.17) is 9.72 Å². The van der Waals surface area contributed by atoms with Gasteiger partial charge in [-0.1, -0.05) is 30.3 Å². The minimum atomic E-state index is -0.918. The van der Waals surface area contributed by atoms with Crippen molar-refractivity contribution in [2.75, 3.05) is 24.7 Å². The van der Waals surface area contributed by atoms with Crippen LogP contribution in [0.5, 0.6) is 0 Å². The van der Waals surface area contributed by atoms with Crippen LogP contribution in [0.25, 0.3) is 16.9 Å². The third-order valence-corrected chi connectivity index (χ3v) is 7.49. The van der Waals surface area contributed by atoms with E-state index in [-0.39, 0.29) is 6.04 Å². The van der Waals surface area contributed by atoms with Crippen LogP contribution in [0, 0.1) is 0 Å². The summed E-state index contributed by atoms with van der Waals surface area (Å²) in [5, 5.41) is 24.6. The molecule has 0 bridgehead atoms. The molecule has 0 radical (unpaired) electrons. The molecule has 176 valence electrons. The van der Waals surface area contributed by atoms with Gasteiger partial charge in [-0.3, -0.25) is 5.10 Å². The maximum Gasteiger partial charge on any atom is 0.167 e. The third kappa shape index (κ3) is 3.67. The molecule has 2 fully saturated rings. The summed E-state index contributed by atoms with van der Waals surface area (Å²) < 4.78 is 7.44. The zero-order chi connectivity index (χ0) is 23.1. The van der Waals surface area contributed by atoms with E-state index in [0.717, 1.165) is 47.6 Å². The van der Waals surface area contributed by atoms with Crippen molar-refractivity contribution in [1.29, 1.82) is 0 Å². The topological polar surface area (TPSA) is 92.1 Å². The van der Waals surface area contributed by atoms with Crippen molar-refractivity contribution < 1.29 is 9.84 Å². The first-order valence-corrected chi connectivity index (χ1v) is 12.1. The minimum Gasteiger partial charge on any atom is -0.385 e. The van der Waals surface area contributed by atoms with Crippen LogP contribution in [-0.4, -0.2) is 55.9 Å². The fraction of sp³-hybridized carbons (Fsp3) is 0.423. The van der Waals surface area contributed by atoms with Crippen LogP contribution in [0.2, 0.25) is 0 Å². The molecular weight excluding hydrogens is 428 g/mol. The molecule has 2 aliphatic rings. The van der Waals surface area contributed by atoms with E-state index in [1.807, 2.05) is 12.3 Å². The van der Waals surface area contributed by atoms with Gasteiger partial charge in [0, 0.05) is 18.0 Å². The molecule has 0 unspecified atom stereocenters. The molecule has 1 aliphatic carbocycles. The standard InChI is InChI=1S/C26H30N6O2/c1-18-17-34-14-13-31(18)24-15-22(21-16-28-32(25(21)29-24)23-9-12-27-30-23)26(33)10-7-20(8-11-26)19-5-3-2-4-6-19/h2-6,9,12,15-16,18,20,33H,7-8,10-11,13-14,17H2,1H3,(H,27,30)/t18-,20?,26?/m1/s1. The number of benzene rings is 1. The lowest BCUT2D eigenvalue weighted by Gasteiger charge is -2.38. The second-order valence-electron chi connectivity index (χ2n) is 9.60. The highest BCUT2D eigenvalue weighted by atomic mass is 16.5. The van der Waals surface area contributed by atoms with Gasteiger partial charge in [-0.15, -0.1) is 0 Å². The van der Waals surface area contributed by atoms with E-state index in [2.05, 4.69) is 63.5 Å². The maximum atomic E-state index is 12.0. The quantitative estimate of drug-likeness (QED) is 0.482. The van der Waals surface area contributed by atoms with Crippen LogP contribution in [0.1, 0.15) is 49.7 Å². The molecule has 6 rings (SSSR count). The summed E-state index contributed by atoms with van der Waals surface area (Å²) in [6, 6.07) is 14.8. The van der Waals surface area contributed by atoms with Crippen molar-refractivity contribution >= 4 is 16.9 Å². The normalized spacial score (nSPS) is 25.6. The lowest BCUT2D eigenvalue weighted by Crippen LogP contribution is -2.44. The second kappa shape index (κ2) is 8.52. The summed E-state index contributed by atoms with van der Waals surface area (Å²) in [5.74, 6) is 2.09. The summed E-state index contributed by atoms with van der Waals surface area (Å²) in [6.07, 6.45) is 6.84. The van der Waals surface area contributed by atoms with Gasteiger partial charge in [0.05, 0.1) is 37.3 Å². The van der Waals surface area contributed by atoms with Gasteiger partial charge < -0.3 is 14.7 Å². The van der Waals surface area contributed by atoms with Crippen LogP contribution in [0.3, 0.4) is 0 Å². The molecule has 8 heteroatoms. The van der Waals surface area contributed by atoms with E-state index in [1.54, 1.807) is 10.9 Å². The van der Waals surface area contributed by atoms with Crippen LogP contribution in [0.15, 0.2) is 54.9 Å². The summed E-state index contributed by atoms with van der Waals surface area (Å²) in [4.78, 5) is 7.30. The Morgan fingerprint density at radius 2 is 1.97 bits per heavy atom. The number of pyridine rings is 1. The predicted octanol–water partition coefficient (Wildman–Crippen LogP) is 3.91. The Kier molecular flexibility index (Phi) is 5.34. The first kappa shape index (κ1) is 21.3. The summed E-state index contributed by atoms with van der Waals surface area (Å²) in [6.45, 7) is 4.25. The van der Waals surface area contributed by atoms with Gasteiger partial charge in [-0.2, -0.15) is 14.9 Å². The van der Waals surface area contributed by atoms with Crippen molar-refractivity contribution in [2.45, 2.75) is 50.2 Å². The average molecular weight is 459 g/mol. The Bertz CT molecular complexity index is 1260. The molecule has 4 heterocycles. The molecule has 0 spiro atoms. The van der Waals surface area contributed by atoms with Gasteiger partial charge in [-0.05, 0) is 55.7 Å². The van der Waals surface area contributed by atoms with Gasteiger partial charge in [0.25, 0.3) is 0 Å². The molecule has 1 aromatic carbocycles. The molecule has 2 N–H and O–H groups in total. The van der Waals surface area contributed by atoms with Gasteiger partial charge in [-0.25, -0.2) is 4.98 Å². The highest BCUT2D eigenvalue weighted by Gasteiger charge is 2.38. The molecule has 3 aromatic heterocycles. The van der Waals surface area contributed by atoms with E-state index in [9.17, 15) is 5.11 Å². The van der Waals surface area contributed by atoms with Crippen molar-refractivity contribution in [3.63, 3.8) is 0 Å². The van der Waals surface area contributed by atoms with Crippen molar-refractivity contribution in [2.24, 2.45) is 0 Å². The number of rotatable bonds is 4. The molecular formula is C26H30N6O2. The molecule has 1 saturated heterocycles. The number of anilines is 1. The fourth-order valence-electron chi connectivity index (χ4n) is 5.55. The number of aromatic amines is 1. The summed E-state index contributed by atoms with van der Waals surface area (Å²) in [5.41, 5.74) is 2.09. The van der Waals surface area contributed by atoms with E-state index in [1.165, 1.54) is 5.56 Å². The number of fused-ring (bicyclic) bond motifs is 1. The number of aromatic nitrogens is 5. The Balaban J connectivity index is 1.42. The number of aliphatic hydroxyl groups is 1. The molecule has 34 heavy (non-hydrogen) atoms. The molecule has 8 nitrogen and oxygen atoms in total. The number of hydrogen-bond acceptors (Lipinski definition) is 6. The number of nitrogens with one attached hydrogen (secondary N) is 1. The van der Waals surface area contributed by atoms with Gasteiger partial charge >= 0.3 is 0 Å². The Labute approximate surface area is 198 Å². The SMILES string of the molecule is C[C@@H]1COCCN1c1cc(C2(O)CCC(c3ccccc3)CC2)c2cnn(-c3ccn[nH]3)c2n1. The zero-order valence-electron chi connectivity index (χ0n) is 19.4. The van der Waals surface area contributed by atoms with Crippen LogP contribution < -0.4 is 4.90 Å². The first-order chi connectivity index (χ1) is 16.6. The number of H-pyrrole nitrogens is 1. The molecule has 1 aliphatic heterocycles. The zero-order valence-corrected chi connectivity index (χ0v) is 19.4. The van der Waals surface area contributed by atoms with Gasteiger partial charge in [0.15, 0.2) is 11.5 Å². The fourth-order valence-corrected chi connectivity index (χ4v) is 5.55. The van der Waals surface area contributed by atoms with E-state index in [0.29, 0.717) is 32.0 Å². The van der Waals surface area contributed by atoms with Crippen molar-refractivity contribution in [3.05, 3.63) is 66.0 Å². The highest BCUT2D eigenvalue weighted by Crippen LogP contribution is 2.46. The van der Waals surface area contributed by atoms with Crippen molar-refractivity contribution in [3.8, 4) is 5.82 Å². The summed E-state index contributed by atoms with van der Waals surface area (Å²) in [7, 11) is 0. The summed E-state index contributed by atoms with van der Waals surface area (Å²) >= 11 is 0. The lowest BCUT2D eigenvalue weighted by molar-refractivity contribution is -0.00435. The van der Waals surface area contributed by atoms with E-state index < -0.39 is 5.60 Å². The Morgan fingerprint density at radius 3 is 2.71 bits per heavy atom. The van der Waals surface area contributed by atoms with Gasteiger partial charge in [0.2, 0.25) is 0 Å². The second-order valence-corrected chi connectivity index (χ2v) is 9.60. The van der Waals surface area contributed by atoms with Crippen LogP contribution in [0.4, 0.5) is 5.82 Å². The minimum absolute atomic E-state index is 0.207. The maximum absolute atomic E-state index is 12.0.